The number of benzene rings is 1. The molecule has 1 saturated heterocycles. The summed E-state index contributed by atoms with van der Waals surface area (Å²) < 4.78 is 32.8. The van der Waals surface area contributed by atoms with E-state index in [-0.39, 0.29) is 10.8 Å². The number of aromatic amines is 1. The Balaban J connectivity index is 1.64. The quantitative estimate of drug-likeness (QED) is 0.760. The zero-order chi connectivity index (χ0) is 18.5. The second-order valence-corrected chi connectivity index (χ2v) is 9.05. The van der Waals surface area contributed by atoms with Crippen LogP contribution in [0, 0.1) is 20.8 Å². The first kappa shape index (κ1) is 17.3. The minimum absolute atomic E-state index is 0.159. The summed E-state index contributed by atoms with van der Waals surface area (Å²) in [7, 11) is -3.59. The molecule has 7 heteroatoms. The second-order valence-electron chi connectivity index (χ2n) is 7.17. The average molecular weight is 373 g/mol. The van der Waals surface area contributed by atoms with E-state index in [9.17, 15) is 8.42 Å². The van der Waals surface area contributed by atoms with Crippen LogP contribution in [0.1, 0.15) is 41.5 Å². The van der Waals surface area contributed by atoms with Crippen LogP contribution in [0.2, 0.25) is 0 Å². The minimum Gasteiger partial charge on any atom is -0.360 e. The van der Waals surface area contributed by atoms with E-state index in [2.05, 4.69) is 41.3 Å². The van der Waals surface area contributed by atoms with Gasteiger partial charge in [0.2, 0.25) is 10.0 Å². The molecule has 0 amide bonds. The molecule has 3 heterocycles. The van der Waals surface area contributed by atoms with Crippen molar-refractivity contribution in [2.75, 3.05) is 13.1 Å². The zero-order valence-electron chi connectivity index (χ0n) is 15.2. The highest BCUT2D eigenvalue weighted by molar-refractivity contribution is 7.89. The molecular weight excluding hydrogens is 350 g/mol. The molecule has 2 aromatic heterocycles. The smallest absolute Gasteiger partial charge is 0.248 e. The summed E-state index contributed by atoms with van der Waals surface area (Å²) in [5.41, 5.74) is 3.83. The van der Waals surface area contributed by atoms with Gasteiger partial charge in [0, 0.05) is 30.2 Å². The van der Waals surface area contributed by atoms with Crippen molar-refractivity contribution in [3.05, 3.63) is 47.0 Å². The molecule has 0 aliphatic carbocycles. The third-order valence-corrected chi connectivity index (χ3v) is 7.30. The molecule has 0 saturated carbocycles. The van der Waals surface area contributed by atoms with Crippen LogP contribution in [0.4, 0.5) is 0 Å². The fourth-order valence-electron chi connectivity index (χ4n) is 3.88. The Kier molecular flexibility index (Phi) is 4.16. The number of rotatable bonds is 3. The maximum absolute atomic E-state index is 13.1. The van der Waals surface area contributed by atoms with E-state index in [0.29, 0.717) is 24.5 Å². The number of nitrogens with one attached hydrogen (secondary N) is 1. The van der Waals surface area contributed by atoms with Gasteiger partial charge in [-0.1, -0.05) is 16.8 Å². The highest BCUT2D eigenvalue weighted by Crippen LogP contribution is 2.33. The van der Waals surface area contributed by atoms with Gasteiger partial charge in [-0.2, -0.15) is 4.31 Å². The first-order valence-corrected chi connectivity index (χ1v) is 10.3. The fourth-order valence-corrected chi connectivity index (χ4v) is 5.70. The van der Waals surface area contributed by atoms with E-state index >= 15 is 0 Å². The number of hydrogen-bond donors (Lipinski definition) is 1. The van der Waals surface area contributed by atoms with Crippen LogP contribution in [0.5, 0.6) is 0 Å². The summed E-state index contributed by atoms with van der Waals surface area (Å²) in [6, 6.07) is 8.46. The topological polar surface area (TPSA) is 79.2 Å². The van der Waals surface area contributed by atoms with Crippen molar-refractivity contribution in [2.24, 2.45) is 0 Å². The normalized spacial score (nSPS) is 19.3. The Hall–Kier alpha value is -2.12. The number of piperidine rings is 1. The number of hydrogen-bond acceptors (Lipinski definition) is 4. The number of aryl methyl sites for hydroxylation is 3. The average Bonchev–Trinajstić information content (AvgIpc) is 3.18. The third kappa shape index (κ3) is 2.85. The fraction of sp³-hybridized carbons (Fsp3) is 0.421. The molecule has 138 valence electrons. The highest BCUT2D eigenvalue weighted by atomic mass is 32.2. The maximum atomic E-state index is 13.1. The van der Waals surface area contributed by atoms with Gasteiger partial charge < -0.3 is 9.51 Å². The van der Waals surface area contributed by atoms with Crippen LogP contribution in [-0.2, 0) is 10.0 Å². The van der Waals surface area contributed by atoms with Crippen molar-refractivity contribution in [1.82, 2.24) is 14.4 Å². The lowest BCUT2D eigenvalue weighted by molar-refractivity contribution is 0.312. The zero-order valence-corrected chi connectivity index (χ0v) is 16.1. The van der Waals surface area contributed by atoms with Crippen molar-refractivity contribution < 1.29 is 12.9 Å². The van der Waals surface area contributed by atoms with E-state index in [1.807, 2.05) is 0 Å². The molecule has 1 atom stereocenters. The Bertz CT molecular complexity index is 1050. The highest BCUT2D eigenvalue weighted by Gasteiger charge is 2.35. The maximum Gasteiger partial charge on any atom is 0.248 e. The summed E-state index contributed by atoms with van der Waals surface area (Å²) in [6.07, 6.45) is 1.81. The van der Waals surface area contributed by atoms with Gasteiger partial charge in [0.25, 0.3) is 0 Å². The first-order chi connectivity index (χ1) is 12.4. The van der Waals surface area contributed by atoms with E-state index in [1.54, 1.807) is 18.2 Å². The molecule has 1 fully saturated rings. The monoisotopic (exact) mass is 373 g/mol. The molecule has 4 rings (SSSR count). The van der Waals surface area contributed by atoms with Crippen LogP contribution >= 0.6 is 0 Å². The summed E-state index contributed by atoms with van der Waals surface area (Å²) in [4.78, 5) is 3.68. The van der Waals surface area contributed by atoms with Gasteiger partial charge in [-0.25, -0.2) is 8.42 Å². The Labute approximate surface area is 153 Å². The molecule has 0 bridgehead atoms. The molecule has 1 unspecified atom stereocenters. The van der Waals surface area contributed by atoms with Gasteiger partial charge in [-0.15, -0.1) is 0 Å². The van der Waals surface area contributed by atoms with Gasteiger partial charge in [-0.3, -0.25) is 0 Å². The van der Waals surface area contributed by atoms with Crippen molar-refractivity contribution in [3.8, 4) is 0 Å². The molecule has 0 radical (unpaired) electrons. The van der Waals surface area contributed by atoms with Gasteiger partial charge >= 0.3 is 0 Å². The van der Waals surface area contributed by atoms with Gasteiger partial charge in [0.15, 0.2) is 5.76 Å². The molecule has 1 N–H and O–H groups in total. The number of aromatic nitrogens is 2. The Morgan fingerprint density at radius 2 is 2.04 bits per heavy atom. The summed E-state index contributed by atoms with van der Waals surface area (Å²) in [5.74, 6) is 0.511. The first-order valence-electron chi connectivity index (χ1n) is 8.88. The van der Waals surface area contributed by atoms with E-state index in [1.165, 1.54) is 10.9 Å². The number of sulfonamides is 1. The van der Waals surface area contributed by atoms with Crippen LogP contribution in [0.3, 0.4) is 0 Å². The Morgan fingerprint density at radius 3 is 2.77 bits per heavy atom. The summed E-state index contributed by atoms with van der Waals surface area (Å²) >= 11 is 0. The molecule has 26 heavy (non-hydrogen) atoms. The molecular formula is C19H23N3O3S. The lowest BCUT2D eigenvalue weighted by atomic mass is 9.96. The molecule has 1 aliphatic heterocycles. The number of nitrogens with zero attached hydrogens (tertiary/aromatic N) is 2. The van der Waals surface area contributed by atoms with E-state index in [4.69, 9.17) is 4.52 Å². The predicted octanol–water partition coefficient (Wildman–Crippen LogP) is 3.65. The van der Waals surface area contributed by atoms with Gasteiger partial charge in [0.1, 0.15) is 10.6 Å². The summed E-state index contributed by atoms with van der Waals surface area (Å²) in [5, 5.41) is 4.98. The molecule has 0 spiro atoms. The molecule has 6 nitrogen and oxygen atoms in total. The van der Waals surface area contributed by atoms with Gasteiger partial charge in [0.05, 0.1) is 0 Å². The van der Waals surface area contributed by atoms with Crippen molar-refractivity contribution >= 4 is 20.9 Å². The molecule has 3 aromatic rings. The van der Waals surface area contributed by atoms with Crippen LogP contribution in [0.15, 0.2) is 33.7 Å². The summed E-state index contributed by atoms with van der Waals surface area (Å²) in [6.45, 7) is 6.39. The molecule has 1 aromatic carbocycles. The number of H-pyrrole nitrogens is 1. The van der Waals surface area contributed by atoms with Crippen LogP contribution < -0.4 is 0 Å². The van der Waals surface area contributed by atoms with Crippen LogP contribution in [0.25, 0.3) is 10.9 Å². The lowest BCUT2D eigenvalue weighted by Crippen LogP contribution is -2.39. The van der Waals surface area contributed by atoms with Crippen molar-refractivity contribution in [3.63, 3.8) is 0 Å². The predicted molar refractivity (Wildman–Crippen MR) is 99.7 cm³/mol. The third-order valence-electron chi connectivity index (χ3n) is 5.19. The lowest BCUT2D eigenvalue weighted by Gasteiger charge is -2.31. The van der Waals surface area contributed by atoms with Crippen molar-refractivity contribution in [2.45, 2.75) is 44.4 Å². The van der Waals surface area contributed by atoms with Gasteiger partial charge in [-0.05, 0) is 57.2 Å². The van der Waals surface area contributed by atoms with E-state index < -0.39 is 10.0 Å². The SMILES string of the molecule is Cc1ccc2[nH]c(C3CCCN(S(=O)(=O)c4c(C)noc4C)C3)cc2c1. The Morgan fingerprint density at radius 1 is 1.23 bits per heavy atom. The van der Waals surface area contributed by atoms with Crippen molar-refractivity contribution in [1.29, 1.82) is 0 Å². The van der Waals surface area contributed by atoms with E-state index in [0.717, 1.165) is 24.1 Å². The standard InChI is InChI=1S/C19H23N3O3S/c1-12-6-7-17-16(9-12)10-18(20-17)15-5-4-8-22(11-15)26(23,24)19-13(2)21-25-14(19)3/h6-7,9-10,15,20H,4-5,8,11H2,1-3H3. The molecule has 1 aliphatic rings. The van der Waals surface area contributed by atoms with Crippen LogP contribution in [-0.4, -0.2) is 36.0 Å². The number of fused-ring (bicyclic) bond motifs is 1. The minimum atomic E-state index is -3.59. The second kappa shape index (κ2) is 6.25. The largest absolute Gasteiger partial charge is 0.360 e.